The minimum Gasteiger partial charge on any atom is -0.493 e. The molecular weight excluding hydrogens is 261 g/mol. The van der Waals surface area contributed by atoms with Crippen molar-refractivity contribution in [1.82, 2.24) is 5.32 Å². The molecule has 0 aliphatic carbocycles. The van der Waals surface area contributed by atoms with Crippen LogP contribution in [-0.2, 0) is 9.53 Å². The Labute approximate surface area is 119 Å². The average molecular weight is 283 g/mol. The van der Waals surface area contributed by atoms with E-state index in [0.29, 0.717) is 37.5 Å². The first-order valence-corrected chi connectivity index (χ1v) is 6.87. The molecule has 1 unspecified atom stereocenters. The summed E-state index contributed by atoms with van der Waals surface area (Å²) in [6, 6.07) is 4.33. The molecule has 0 radical (unpaired) electrons. The van der Waals surface area contributed by atoms with Gasteiger partial charge in [-0.2, -0.15) is 0 Å². The molecule has 0 aromatic heterocycles. The molecule has 20 heavy (non-hydrogen) atoms. The van der Waals surface area contributed by atoms with Crippen LogP contribution in [0.4, 0.5) is 4.39 Å². The average Bonchev–Trinajstić information content (AvgIpc) is 2.42. The van der Waals surface area contributed by atoms with E-state index in [1.165, 1.54) is 6.07 Å². The van der Waals surface area contributed by atoms with Crippen molar-refractivity contribution in [2.75, 3.05) is 19.8 Å². The Morgan fingerprint density at radius 1 is 1.40 bits per heavy atom. The van der Waals surface area contributed by atoms with E-state index in [1.54, 1.807) is 26.0 Å². The second-order valence-electron chi connectivity index (χ2n) is 4.41. The van der Waals surface area contributed by atoms with Crippen molar-refractivity contribution in [2.45, 2.75) is 33.2 Å². The quantitative estimate of drug-likeness (QED) is 0.744. The summed E-state index contributed by atoms with van der Waals surface area (Å²) >= 11 is 0. The van der Waals surface area contributed by atoms with Gasteiger partial charge in [0, 0.05) is 12.5 Å². The minimum absolute atomic E-state index is 0.284. The molecular formula is C15H22FNO3. The van der Waals surface area contributed by atoms with Crippen molar-refractivity contribution in [1.29, 1.82) is 0 Å². The maximum absolute atomic E-state index is 13.3. The van der Waals surface area contributed by atoms with E-state index in [-0.39, 0.29) is 11.8 Å². The molecule has 0 spiro atoms. The highest BCUT2D eigenvalue weighted by Crippen LogP contribution is 2.16. The number of halogens is 1. The number of nitrogens with one attached hydrogen (secondary N) is 1. The summed E-state index contributed by atoms with van der Waals surface area (Å²) in [7, 11) is 0. The third kappa shape index (κ3) is 5.17. The number of aryl methyl sites for hydroxylation is 1. The Hall–Kier alpha value is -1.62. The highest BCUT2D eigenvalue weighted by Gasteiger charge is 2.18. The Balaban J connectivity index is 2.47. The van der Waals surface area contributed by atoms with Gasteiger partial charge in [-0.1, -0.05) is 13.0 Å². The minimum atomic E-state index is -0.393. The van der Waals surface area contributed by atoms with Gasteiger partial charge in [-0.05, 0) is 32.0 Å². The molecule has 0 aliphatic rings. The number of rotatable bonds is 8. The molecule has 0 aliphatic heterocycles. The Kier molecular flexibility index (Phi) is 7.01. The third-order valence-electron chi connectivity index (χ3n) is 2.84. The Bertz CT molecular complexity index is 437. The van der Waals surface area contributed by atoms with Crippen molar-refractivity contribution in [3.63, 3.8) is 0 Å². The third-order valence-corrected chi connectivity index (χ3v) is 2.84. The van der Waals surface area contributed by atoms with Crippen molar-refractivity contribution < 1.29 is 18.7 Å². The van der Waals surface area contributed by atoms with Gasteiger partial charge in [0.1, 0.15) is 17.6 Å². The number of likely N-dealkylation sites (N-methyl/N-ethyl adjacent to an activating group) is 1. The number of benzene rings is 1. The number of hydrogen-bond acceptors (Lipinski definition) is 4. The van der Waals surface area contributed by atoms with Crippen molar-refractivity contribution >= 4 is 5.97 Å². The summed E-state index contributed by atoms with van der Waals surface area (Å²) in [5.74, 6) is -0.114. The van der Waals surface area contributed by atoms with Crippen LogP contribution in [0.25, 0.3) is 0 Å². The zero-order chi connectivity index (χ0) is 15.0. The van der Waals surface area contributed by atoms with Crippen LogP contribution in [0.3, 0.4) is 0 Å². The second-order valence-corrected chi connectivity index (χ2v) is 4.41. The lowest BCUT2D eigenvalue weighted by Gasteiger charge is -2.16. The van der Waals surface area contributed by atoms with Crippen LogP contribution in [-0.4, -0.2) is 31.8 Å². The van der Waals surface area contributed by atoms with Gasteiger partial charge in [0.2, 0.25) is 0 Å². The first kappa shape index (κ1) is 16.4. The largest absolute Gasteiger partial charge is 0.493 e. The molecule has 0 bridgehead atoms. The molecule has 0 heterocycles. The fourth-order valence-electron chi connectivity index (χ4n) is 1.75. The second kappa shape index (κ2) is 8.53. The number of carbonyl (C=O) groups excluding carboxylic acids is 1. The van der Waals surface area contributed by atoms with Gasteiger partial charge >= 0.3 is 5.97 Å². The molecule has 0 saturated carbocycles. The van der Waals surface area contributed by atoms with E-state index in [1.807, 2.05) is 6.92 Å². The summed E-state index contributed by atoms with van der Waals surface area (Å²) in [5, 5.41) is 3.05. The normalized spacial score (nSPS) is 12.0. The van der Waals surface area contributed by atoms with Gasteiger partial charge in [0.25, 0.3) is 0 Å². The molecule has 4 nitrogen and oxygen atoms in total. The molecule has 1 N–H and O–H groups in total. The molecule has 0 saturated heterocycles. The van der Waals surface area contributed by atoms with E-state index in [0.717, 1.165) is 0 Å². The van der Waals surface area contributed by atoms with E-state index in [4.69, 9.17) is 9.47 Å². The predicted octanol–water partition coefficient (Wildman–Crippen LogP) is 2.44. The fourth-order valence-corrected chi connectivity index (χ4v) is 1.75. The first-order chi connectivity index (χ1) is 9.58. The summed E-state index contributed by atoms with van der Waals surface area (Å²) in [4.78, 5) is 11.7. The van der Waals surface area contributed by atoms with E-state index >= 15 is 0 Å². The van der Waals surface area contributed by atoms with Gasteiger partial charge in [0.15, 0.2) is 0 Å². The van der Waals surface area contributed by atoms with Gasteiger partial charge in [-0.3, -0.25) is 4.79 Å². The Morgan fingerprint density at radius 2 is 2.15 bits per heavy atom. The van der Waals surface area contributed by atoms with Crippen molar-refractivity contribution in [3.05, 3.63) is 29.6 Å². The van der Waals surface area contributed by atoms with Crippen LogP contribution in [0.2, 0.25) is 0 Å². The summed E-state index contributed by atoms with van der Waals surface area (Å²) in [5.41, 5.74) is 0.578. The lowest BCUT2D eigenvalue weighted by molar-refractivity contribution is -0.146. The lowest BCUT2D eigenvalue weighted by atomic mass is 10.2. The molecule has 112 valence electrons. The van der Waals surface area contributed by atoms with E-state index < -0.39 is 6.04 Å². The molecule has 1 rings (SSSR count). The lowest BCUT2D eigenvalue weighted by Crippen LogP contribution is -2.39. The molecule has 1 aromatic rings. The molecule has 1 aromatic carbocycles. The standard InChI is InChI=1S/C15H22FNO3/c1-4-17-14(15(18)19-5-2)8-9-20-12-7-6-11(3)13(16)10-12/h6-7,10,14,17H,4-5,8-9H2,1-3H3. The maximum Gasteiger partial charge on any atom is 0.323 e. The fraction of sp³-hybridized carbons (Fsp3) is 0.533. The first-order valence-electron chi connectivity index (χ1n) is 6.87. The van der Waals surface area contributed by atoms with Crippen LogP contribution in [0.1, 0.15) is 25.8 Å². The van der Waals surface area contributed by atoms with Crippen LogP contribution < -0.4 is 10.1 Å². The molecule has 5 heteroatoms. The number of hydrogen-bond donors (Lipinski definition) is 1. The zero-order valence-electron chi connectivity index (χ0n) is 12.2. The van der Waals surface area contributed by atoms with Crippen LogP contribution >= 0.6 is 0 Å². The topological polar surface area (TPSA) is 47.6 Å². The van der Waals surface area contributed by atoms with Crippen LogP contribution in [0, 0.1) is 12.7 Å². The number of carbonyl (C=O) groups is 1. The molecule has 1 atom stereocenters. The van der Waals surface area contributed by atoms with Crippen molar-refractivity contribution in [2.24, 2.45) is 0 Å². The monoisotopic (exact) mass is 283 g/mol. The smallest absolute Gasteiger partial charge is 0.323 e. The summed E-state index contributed by atoms with van der Waals surface area (Å²) in [6.45, 7) is 6.72. The predicted molar refractivity (Wildman–Crippen MR) is 75.3 cm³/mol. The van der Waals surface area contributed by atoms with Gasteiger partial charge in [-0.15, -0.1) is 0 Å². The van der Waals surface area contributed by atoms with Gasteiger partial charge in [0.05, 0.1) is 13.2 Å². The maximum atomic E-state index is 13.3. The number of esters is 1. The van der Waals surface area contributed by atoms with Crippen molar-refractivity contribution in [3.8, 4) is 5.75 Å². The Morgan fingerprint density at radius 3 is 2.75 bits per heavy atom. The highest BCUT2D eigenvalue weighted by atomic mass is 19.1. The SMILES string of the molecule is CCNC(CCOc1ccc(C)c(F)c1)C(=O)OCC. The van der Waals surface area contributed by atoms with Gasteiger partial charge < -0.3 is 14.8 Å². The highest BCUT2D eigenvalue weighted by molar-refractivity contribution is 5.75. The van der Waals surface area contributed by atoms with Crippen LogP contribution in [0.15, 0.2) is 18.2 Å². The molecule has 0 fully saturated rings. The number of ether oxygens (including phenoxy) is 2. The van der Waals surface area contributed by atoms with E-state index in [9.17, 15) is 9.18 Å². The molecule has 0 amide bonds. The zero-order valence-corrected chi connectivity index (χ0v) is 12.2. The van der Waals surface area contributed by atoms with Crippen LogP contribution in [0.5, 0.6) is 5.75 Å². The summed E-state index contributed by atoms with van der Waals surface area (Å²) in [6.07, 6.45) is 0.474. The van der Waals surface area contributed by atoms with E-state index in [2.05, 4.69) is 5.32 Å². The van der Waals surface area contributed by atoms with Gasteiger partial charge in [-0.25, -0.2) is 4.39 Å². The summed E-state index contributed by atoms with van der Waals surface area (Å²) < 4.78 is 23.8.